The van der Waals surface area contributed by atoms with E-state index in [2.05, 4.69) is 32.6 Å². The van der Waals surface area contributed by atoms with E-state index in [4.69, 9.17) is 10.5 Å². The van der Waals surface area contributed by atoms with Gasteiger partial charge in [-0.2, -0.15) is 0 Å². The Morgan fingerprint density at radius 3 is 2.33 bits per heavy atom. The standard InChI is InChI=1S/C12H26N2O/c1-5-12(6-2,9-13)14-7-8-15-11(3,4)10-14/h5-10,13H2,1-4H3. The first-order chi connectivity index (χ1) is 6.99. The first-order valence-corrected chi connectivity index (χ1v) is 6.09. The predicted octanol–water partition coefficient (Wildman–Crippen LogP) is 1.61. The van der Waals surface area contributed by atoms with Crippen LogP contribution >= 0.6 is 0 Å². The highest BCUT2D eigenvalue weighted by atomic mass is 16.5. The maximum atomic E-state index is 5.97. The number of ether oxygens (including phenoxy) is 1. The third-order valence-corrected chi connectivity index (χ3v) is 3.79. The van der Waals surface area contributed by atoms with Gasteiger partial charge < -0.3 is 10.5 Å². The average molecular weight is 214 g/mol. The highest BCUT2D eigenvalue weighted by Gasteiger charge is 2.38. The molecule has 3 heteroatoms. The van der Waals surface area contributed by atoms with E-state index >= 15 is 0 Å². The summed E-state index contributed by atoms with van der Waals surface area (Å²) in [5.41, 5.74) is 6.12. The second-order valence-electron chi connectivity index (χ2n) is 5.17. The van der Waals surface area contributed by atoms with E-state index in [0.717, 1.165) is 39.1 Å². The lowest BCUT2D eigenvalue weighted by Gasteiger charge is -2.49. The summed E-state index contributed by atoms with van der Waals surface area (Å²) in [4.78, 5) is 2.52. The van der Waals surface area contributed by atoms with Crippen molar-refractivity contribution in [3.05, 3.63) is 0 Å². The van der Waals surface area contributed by atoms with E-state index in [1.54, 1.807) is 0 Å². The van der Waals surface area contributed by atoms with Crippen molar-refractivity contribution in [1.29, 1.82) is 0 Å². The van der Waals surface area contributed by atoms with Gasteiger partial charge in [0.2, 0.25) is 0 Å². The van der Waals surface area contributed by atoms with Crippen LogP contribution in [0.1, 0.15) is 40.5 Å². The zero-order chi connectivity index (χ0) is 11.5. The van der Waals surface area contributed by atoms with Gasteiger partial charge in [-0.15, -0.1) is 0 Å². The van der Waals surface area contributed by atoms with Gasteiger partial charge in [-0.3, -0.25) is 4.90 Å². The molecular weight excluding hydrogens is 188 g/mol. The number of nitrogens with zero attached hydrogens (tertiary/aromatic N) is 1. The van der Waals surface area contributed by atoms with Crippen LogP contribution in [0.15, 0.2) is 0 Å². The SMILES string of the molecule is CCC(CC)(CN)N1CCOC(C)(C)C1. The minimum absolute atomic E-state index is 0.0248. The summed E-state index contributed by atoms with van der Waals surface area (Å²) in [5.74, 6) is 0. The van der Waals surface area contributed by atoms with Crippen LogP contribution in [-0.2, 0) is 4.74 Å². The molecule has 1 aliphatic rings. The monoisotopic (exact) mass is 214 g/mol. The number of hydrogen-bond acceptors (Lipinski definition) is 3. The van der Waals surface area contributed by atoms with Crippen molar-refractivity contribution in [3.8, 4) is 0 Å². The molecular formula is C12H26N2O. The summed E-state index contributed by atoms with van der Waals surface area (Å²) >= 11 is 0. The molecule has 2 N–H and O–H groups in total. The van der Waals surface area contributed by atoms with Gasteiger partial charge in [-0.25, -0.2) is 0 Å². The number of hydrogen-bond donors (Lipinski definition) is 1. The third-order valence-electron chi connectivity index (χ3n) is 3.79. The molecule has 0 atom stereocenters. The fourth-order valence-corrected chi connectivity index (χ4v) is 2.54. The van der Waals surface area contributed by atoms with Gasteiger partial charge in [0.05, 0.1) is 12.2 Å². The second-order valence-corrected chi connectivity index (χ2v) is 5.17. The molecule has 1 saturated heterocycles. The summed E-state index contributed by atoms with van der Waals surface area (Å²) < 4.78 is 5.74. The van der Waals surface area contributed by atoms with E-state index in [1.807, 2.05) is 0 Å². The molecule has 0 aromatic heterocycles. The summed E-state index contributed by atoms with van der Waals surface area (Å²) in [6.45, 7) is 12.4. The van der Waals surface area contributed by atoms with E-state index in [-0.39, 0.29) is 11.1 Å². The average Bonchev–Trinajstić information content (AvgIpc) is 2.20. The molecule has 15 heavy (non-hydrogen) atoms. The van der Waals surface area contributed by atoms with Crippen LogP contribution in [0.2, 0.25) is 0 Å². The number of nitrogens with two attached hydrogens (primary N) is 1. The Morgan fingerprint density at radius 2 is 1.93 bits per heavy atom. The molecule has 3 nitrogen and oxygen atoms in total. The normalized spacial score (nSPS) is 23.0. The molecule has 0 saturated carbocycles. The Labute approximate surface area is 94.0 Å². The minimum atomic E-state index is -0.0248. The van der Waals surface area contributed by atoms with E-state index < -0.39 is 0 Å². The molecule has 0 aromatic carbocycles. The first-order valence-electron chi connectivity index (χ1n) is 6.09. The Kier molecular flexibility index (Phi) is 4.15. The molecule has 0 radical (unpaired) electrons. The molecule has 0 unspecified atom stereocenters. The van der Waals surface area contributed by atoms with Gasteiger partial charge in [0.15, 0.2) is 0 Å². The molecule has 0 amide bonds. The van der Waals surface area contributed by atoms with Crippen molar-refractivity contribution in [3.63, 3.8) is 0 Å². The van der Waals surface area contributed by atoms with E-state index in [0.29, 0.717) is 0 Å². The van der Waals surface area contributed by atoms with Gasteiger partial charge in [0.1, 0.15) is 0 Å². The van der Waals surface area contributed by atoms with Crippen LogP contribution in [0.25, 0.3) is 0 Å². The van der Waals surface area contributed by atoms with Crippen molar-refractivity contribution < 1.29 is 4.74 Å². The molecule has 1 aliphatic heterocycles. The molecule has 1 heterocycles. The lowest BCUT2D eigenvalue weighted by Crippen LogP contribution is -2.61. The van der Waals surface area contributed by atoms with Crippen molar-refractivity contribution in [2.75, 3.05) is 26.2 Å². The molecule has 90 valence electrons. The maximum absolute atomic E-state index is 5.97. The van der Waals surface area contributed by atoms with Gasteiger partial charge in [0.25, 0.3) is 0 Å². The summed E-state index contributed by atoms with van der Waals surface area (Å²) in [6, 6.07) is 0. The zero-order valence-electron chi connectivity index (χ0n) is 10.7. The van der Waals surface area contributed by atoms with Crippen LogP contribution in [-0.4, -0.2) is 42.3 Å². The Balaban J connectivity index is 2.76. The quantitative estimate of drug-likeness (QED) is 0.773. The highest BCUT2D eigenvalue weighted by Crippen LogP contribution is 2.28. The van der Waals surface area contributed by atoms with Crippen molar-refractivity contribution >= 4 is 0 Å². The van der Waals surface area contributed by atoms with Crippen LogP contribution in [0.5, 0.6) is 0 Å². The van der Waals surface area contributed by atoms with Crippen molar-refractivity contribution in [1.82, 2.24) is 4.90 Å². The fraction of sp³-hybridized carbons (Fsp3) is 1.00. The fourth-order valence-electron chi connectivity index (χ4n) is 2.54. The Hall–Kier alpha value is -0.120. The minimum Gasteiger partial charge on any atom is -0.373 e. The first kappa shape index (κ1) is 12.9. The molecule has 1 fully saturated rings. The van der Waals surface area contributed by atoms with Gasteiger partial charge in [-0.05, 0) is 26.7 Å². The van der Waals surface area contributed by atoms with E-state index in [9.17, 15) is 0 Å². The van der Waals surface area contributed by atoms with Gasteiger partial charge >= 0.3 is 0 Å². The van der Waals surface area contributed by atoms with Crippen LogP contribution in [0.4, 0.5) is 0 Å². The third kappa shape index (κ3) is 2.71. The van der Waals surface area contributed by atoms with Gasteiger partial charge in [-0.1, -0.05) is 13.8 Å². The Bertz CT molecular complexity index is 192. The molecule has 0 spiro atoms. The van der Waals surface area contributed by atoms with Crippen molar-refractivity contribution in [2.45, 2.75) is 51.7 Å². The topological polar surface area (TPSA) is 38.5 Å². The number of rotatable bonds is 4. The number of morpholine rings is 1. The van der Waals surface area contributed by atoms with Gasteiger partial charge in [0, 0.05) is 25.2 Å². The van der Waals surface area contributed by atoms with E-state index in [1.165, 1.54) is 0 Å². The molecule has 1 rings (SSSR count). The Morgan fingerprint density at radius 1 is 1.33 bits per heavy atom. The lowest BCUT2D eigenvalue weighted by molar-refractivity contribution is -0.117. The smallest absolute Gasteiger partial charge is 0.0753 e. The van der Waals surface area contributed by atoms with Crippen molar-refractivity contribution in [2.24, 2.45) is 5.73 Å². The summed E-state index contributed by atoms with van der Waals surface area (Å²) in [7, 11) is 0. The summed E-state index contributed by atoms with van der Waals surface area (Å²) in [5, 5.41) is 0. The van der Waals surface area contributed by atoms with Crippen LogP contribution in [0.3, 0.4) is 0 Å². The van der Waals surface area contributed by atoms with Crippen LogP contribution < -0.4 is 5.73 Å². The lowest BCUT2D eigenvalue weighted by atomic mass is 9.88. The highest BCUT2D eigenvalue weighted by molar-refractivity contribution is 4.94. The molecule has 0 aromatic rings. The summed E-state index contributed by atoms with van der Waals surface area (Å²) in [6.07, 6.45) is 2.24. The maximum Gasteiger partial charge on any atom is 0.0753 e. The largest absolute Gasteiger partial charge is 0.373 e. The zero-order valence-corrected chi connectivity index (χ0v) is 10.7. The van der Waals surface area contributed by atoms with Crippen LogP contribution in [0, 0.1) is 0 Å². The molecule has 0 bridgehead atoms. The predicted molar refractivity (Wildman–Crippen MR) is 64.0 cm³/mol. The second kappa shape index (κ2) is 4.81. The molecule has 0 aliphatic carbocycles.